The first-order chi connectivity index (χ1) is 31.6. The lowest BCUT2D eigenvalue weighted by atomic mass is 9.67. The van der Waals surface area contributed by atoms with Gasteiger partial charge in [0.25, 0.3) is 0 Å². The number of anilines is 3. The molecular formula is C59H34ClNO2S. The lowest BCUT2D eigenvalue weighted by Crippen LogP contribution is -2.32. The molecule has 300 valence electrons. The third-order valence-electron chi connectivity index (χ3n) is 13.5. The zero-order chi connectivity index (χ0) is 42.1. The Labute approximate surface area is 377 Å². The van der Waals surface area contributed by atoms with Crippen molar-refractivity contribution in [2.24, 2.45) is 0 Å². The molecule has 0 bridgehead atoms. The fraction of sp³-hybridized carbons (Fsp3) is 0.0169. The molecule has 3 heterocycles. The molecule has 1 atom stereocenters. The Balaban J connectivity index is 1.03. The van der Waals surface area contributed by atoms with Gasteiger partial charge in [0.15, 0.2) is 0 Å². The average Bonchev–Trinajstić information content (AvgIpc) is 3.99. The summed E-state index contributed by atoms with van der Waals surface area (Å²) in [6.45, 7) is 0. The summed E-state index contributed by atoms with van der Waals surface area (Å²) < 4.78 is 13.3. The van der Waals surface area contributed by atoms with Crippen molar-refractivity contribution >= 4 is 95.1 Å². The van der Waals surface area contributed by atoms with Crippen molar-refractivity contribution in [2.75, 3.05) is 4.90 Å². The summed E-state index contributed by atoms with van der Waals surface area (Å²) in [5.74, 6) is 0. The highest BCUT2D eigenvalue weighted by Crippen LogP contribution is 2.63. The maximum absolute atomic E-state index is 6.91. The number of rotatable bonds is 4. The van der Waals surface area contributed by atoms with Gasteiger partial charge in [-0.05, 0) is 134 Å². The maximum Gasteiger partial charge on any atom is 0.138 e. The molecule has 3 nitrogen and oxygen atoms in total. The van der Waals surface area contributed by atoms with Crippen LogP contribution in [0.5, 0.6) is 0 Å². The van der Waals surface area contributed by atoms with Crippen LogP contribution in [-0.4, -0.2) is 0 Å². The first kappa shape index (κ1) is 36.0. The van der Waals surface area contributed by atoms with Crippen LogP contribution >= 0.6 is 23.4 Å². The molecule has 2 aliphatic rings. The van der Waals surface area contributed by atoms with Gasteiger partial charge in [0, 0.05) is 42.3 Å². The topological polar surface area (TPSA) is 29.5 Å². The normalized spacial score (nSPS) is 15.0. The Morgan fingerprint density at radius 3 is 2.00 bits per heavy atom. The fourth-order valence-electron chi connectivity index (χ4n) is 10.9. The van der Waals surface area contributed by atoms with Crippen molar-refractivity contribution < 1.29 is 8.83 Å². The van der Waals surface area contributed by atoms with E-state index in [1.165, 1.54) is 43.2 Å². The second-order valence-electron chi connectivity index (χ2n) is 16.9. The van der Waals surface area contributed by atoms with Crippen LogP contribution in [0, 0.1) is 0 Å². The van der Waals surface area contributed by atoms with Gasteiger partial charge in [-0.2, -0.15) is 0 Å². The third-order valence-corrected chi connectivity index (χ3v) is 14.9. The van der Waals surface area contributed by atoms with E-state index in [1.807, 2.05) is 36.0 Å². The Morgan fingerprint density at radius 2 is 1.11 bits per heavy atom. The SMILES string of the molecule is Clc1ccc2c(c1)C1(c3ccccc3Sc3cc(N(c4ccccc4)c4cc(-c5cccc6cc7c(cc56)oc5ccccc57)cc5oc6ccccc6c45)ccc31)c1ccccc1-2. The van der Waals surface area contributed by atoms with Crippen molar-refractivity contribution in [1.29, 1.82) is 0 Å². The molecule has 10 aromatic carbocycles. The number of furan rings is 2. The van der Waals surface area contributed by atoms with E-state index in [0.29, 0.717) is 0 Å². The Bertz CT molecular complexity index is 3920. The van der Waals surface area contributed by atoms with Crippen LogP contribution in [0.2, 0.25) is 5.02 Å². The number of hydrogen-bond donors (Lipinski definition) is 0. The van der Waals surface area contributed by atoms with Crippen molar-refractivity contribution in [3.05, 3.63) is 234 Å². The van der Waals surface area contributed by atoms with Crippen molar-refractivity contribution in [3.63, 3.8) is 0 Å². The van der Waals surface area contributed by atoms with Crippen LogP contribution in [0.4, 0.5) is 17.1 Å². The number of nitrogens with zero attached hydrogens (tertiary/aromatic N) is 1. The van der Waals surface area contributed by atoms with E-state index in [4.69, 9.17) is 20.4 Å². The lowest BCUT2D eigenvalue weighted by Gasteiger charge is -2.40. The summed E-state index contributed by atoms with van der Waals surface area (Å²) in [4.78, 5) is 4.85. The van der Waals surface area contributed by atoms with E-state index >= 15 is 0 Å². The lowest BCUT2D eigenvalue weighted by molar-refractivity contribution is 0.669. The van der Waals surface area contributed by atoms with E-state index in [1.54, 1.807) is 0 Å². The summed E-state index contributed by atoms with van der Waals surface area (Å²) in [6.07, 6.45) is 0. The molecule has 0 radical (unpaired) electrons. The van der Waals surface area contributed by atoms with Gasteiger partial charge in [-0.1, -0.05) is 151 Å². The monoisotopic (exact) mass is 855 g/mol. The van der Waals surface area contributed by atoms with Gasteiger partial charge in [0.1, 0.15) is 22.3 Å². The number of hydrogen-bond acceptors (Lipinski definition) is 4. The van der Waals surface area contributed by atoms with Crippen LogP contribution in [0.3, 0.4) is 0 Å². The van der Waals surface area contributed by atoms with Crippen molar-refractivity contribution in [3.8, 4) is 22.3 Å². The first-order valence-corrected chi connectivity index (χ1v) is 22.8. The molecule has 0 fully saturated rings. The molecule has 0 N–H and O–H groups in total. The van der Waals surface area contributed by atoms with Gasteiger partial charge in [0.05, 0.1) is 16.5 Å². The first-order valence-electron chi connectivity index (χ1n) is 21.6. The summed E-state index contributed by atoms with van der Waals surface area (Å²) in [6, 6.07) is 74.3. The molecule has 1 aliphatic heterocycles. The van der Waals surface area contributed by atoms with Gasteiger partial charge < -0.3 is 13.7 Å². The highest BCUT2D eigenvalue weighted by molar-refractivity contribution is 7.99. The summed E-state index contributed by atoms with van der Waals surface area (Å²) >= 11 is 8.76. The maximum atomic E-state index is 6.91. The number of para-hydroxylation sites is 3. The van der Waals surface area contributed by atoms with Gasteiger partial charge in [-0.15, -0.1) is 0 Å². The molecular weight excluding hydrogens is 822 g/mol. The van der Waals surface area contributed by atoms with Gasteiger partial charge in [0.2, 0.25) is 0 Å². The van der Waals surface area contributed by atoms with E-state index in [9.17, 15) is 0 Å². The molecule has 0 amide bonds. The molecule has 1 spiro atoms. The highest BCUT2D eigenvalue weighted by Gasteiger charge is 2.50. The minimum Gasteiger partial charge on any atom is -0.456 e. The molecule has 0 saturated heterocycles. The highest BCUT2D eigenvalue weighted by atomic mass is 35.5. The second kappa shape index (κ2) is 13.5. The molecule has 1 aliphatic carbocycles. The predicted molar refractivity (Wildman–Crippen MR) is 265 cm³/mol. The van der Waals surface area contributed by atoms with Crippen molar-refractivity contribution in [1.82, 2.24) is 0 Å². The van der Waals surface area contributed by atoms with Crippen LogP contribution in [-0.2, 0) is 5.41 Å². The average molecular weight is 856 g/mol. The summed E-state index contributed by atoms with van der Waals surface area (Å²) in [5, 5.41) is 7.37. The molecule has 0 saturated carbocycles. The van der Waals surface area contributed by atoms with Crippen LogP contribution in [0.1, 0.15) is 22.3 Å². The Kier molecular flexibility index (Phi) is 7.60. The second-order valence-corrected chi connectivity index (χ2v) is 18.4. The molecule has 1 unspecified atom stereocenters. The van der Waals surface area contributed by atoms with Gasteiger partial charge >= 0.3 is 0 Å². The van der Waals surface area contributed by atoms with Crippen LogP contribution in [0.15, 0.2) is 225 Å². The quantitative estimate of drug-likeness (QED) is 0.176. The smallest absolute Gasteiger partial charge is 0.138 e. The Hall–Kier alpha value is -7.50. The number of halogens is 1. The van der Waals surface area contributed by atoms with Crippen LogP contribution in [0.25, 0.3) is 76.9 Å². The van der Waals surface area contributed by atoms with E-state index in [2.05, 4.69) is 187 Å². The summed E-state index contributed by atoms with van der Waals surface area (Å²) in [5.41, 5.74) is 15.7. The Morgan fingerprint density at radius 1 is 0.406 bits per heavy atom. The largest absolute Gasteiger partial charge is 0.456 e. The van der Waals surface area contributed by atoms with E-state index in [0.717, 1.165) is 87.9 Å². The molecule has 64 heavy (non-hydrogen) atoms. The standard InChI is InChI=1S/C59H34ClNO2S/c60-37-25-27-42-41-16-4-7-20-47(41)59(50(42)32-37)48-21-8-11-24-56(48)64-57-33-39(26-28-49(57)59)61(38-14-2-1-3-15-38)51-30-36(31-55-58(51)44-18-6-10-23-53(44)63-55)40-19-12-13-35-29-46-43-17-5-9-22-52(43)62-54(46)34-45(35)40/h1-34H. The molecule has 14 rings (SSSR count). The van der Waals surface area contributed by atoms with Crippen LogP contribution < -0.4 is 4.90 Å². The fourth-order valence-corrected chi connectivity index (χ4v) is 12.3. The van der Waals surface area contributed by atoms with Crippen molar-refractivity contribution in [2.45, 2.75) is 15.2 Å². The third kappa shape index (κ3) is 5.01. The number of fused-ring (bicyclic) bond motifs is 16. The zero-order valence-electron chi connectivity index (χ0n) is 34.2. The predicted octanol–water partition coefficient (Wildman–Crippen LogP) is 17.3. The van der Waals surface area contributed by atoms with Gasteiger partial charge in [-0.25, -0.2) is 0 Å². The van der Waals surface area contributed by atoms with E-state index in [-0.39, 0.29) is 0 Å². The van der Waals surface area contributed by atoms with Gasteiger partial charge in [-0.3, -0.25) is 0 Å². The van der Waals surface area contributed by atoms with E-state index < -0.39 is 5.41 Å². The molecule has 5 heteroatoms. The minimum atomic E-state index is -0.544. The molecule has 2 aromatic heterocycles. The minimum absolute atomic E-state index is 0.544. The number of benzene rings is 10. The zero-order valence-corrected chi connectivity index (χ0v) is 35.8. The molecule has 12 aromatic rings. The summed E-state index contributed by atoms with van der Waals surface area (Å²) in [7, 11) is 0.